The second kappa shape index (κ2) is 6.98. The zero-order valence-corrected chi connectivity index (χ0v) is 14.5. The van der Waals surface area contributed by atoms with E-state index in [0.717, 1.165) is 29.7 Å². The molecule has 1 heteroatoms. The number of para-hydroxylation sites is 1. The van der Waals surface area contributed by atoms with E-state index in [9.17, 15) is 0 Å². The van der Waals surface area contributed by atoms with Gasteiger partial charge in [-0.2, -0.15) is 0 Å². The molecular formula is C24H22O. The Bertz CT molecular complexity index is 951. The van der Waals surface area contributed by atoms with Crippen LogP contribution in [0.1, 0.15) is 36.8 Å². The molecule has 1 unspecified atom stereocenters. The monoisotopic (exact) mass is 326 g/mol. The van der Waals surface area contributed by atoms with Crippen molar-refractivity contribution in [3.63, 3.8) is 0 Å². The second-order valence-corrected chi connectivity index (χ2v) is 6.46. The first-order chi connectivity index (χ1) is 12.4. The molecule has 1 heterocycles. The average Bonchev–Trinajstić information content (AvgIpc) is 3.07. The summed E-state index contributed by atoms with van der Waals surface area (Å²) in [6, 6.07) is 29.7. The Morgan fingerprint density at radius 3 is 2.12 bits per heavy atom. The number of hydrogen-bond donors (Lipinski definition) is 0. The average molecular weight is 326 g/mol. The molecule has 0 aliphatic carbocycles. The highest BCUT2D eigenvalue weighted by Gasteiger charge is 2.24. The molecule has 1 atom stereocenters. The Labute approximate surface area is 148 Å². The molecule has 124 valence electrons. The largest absolute Gasteiger partial charge is 0.456 e. The first-order valence-electron chi connectivity index (χ1n) is 9.00. The van der Waals surface area contributed by atoms with Crippen LogP contribution < -0.4 is 0 Å². The third kappa shape index (κ3) is 2.98. The van der Waals surface area contributed by atoms with E-state index in [4.69, 9.17) is 4.42 Å². The predicted octanol–water partition coefficient (Wildman–Crippen LogP) is 7.03. The van der Waals surface area contributed by atoms with E-state index in [1.54, 1.807) is 0 Å². The van der Waals surface area contributed by atoms with Crippen molar-refractivity contribution in [3.8, 4) is 11.3 Å². The minimum atomic E-state index is 0.338. The zero-order valence-electron chi connectivity index (χ0n) is 14.5. The van der Waals surface area contributed by atoms with E-state index in [1.165, 1.54) is 16.5 Å². The van der Waals surface area contributed by atoms with Gasteiger partial charge in [0.05, 0.1) is 0 Å². The smallest absolute Gasteiger partial charge is 0.139 e. The van der Waals surface area contributed by atoms with E-state index in [1.807, 2.05) is 12.1 Å². The van der Waals surface area contributed by atoms with Gasteiger partial charge in [-0.15, -0.1) is 0 Å². The fourth-order valence-electron chi connectivity index (χ4n) is 3.67. The van der Waals surface area contributed by atoms with Crippen LogP contribution in [0.5, 0.6) is 0 Å². The molecule has 1 aromatic heterocycles. The second-order valence-electron chi connectivity index (χ2n) is 6.46. The molecule has 0 bridgehead atoms. The third-order valence-electron chi connectivity index (χ3n) is 4.80. The molecule has 0 saturated heterocycles. The summed E-state index contributed by atoms with van der Waals surface area (Å²) in [4.78, 5) is 0. The van der Waals surface area contributed by atoms with Crippen molar-refractivity contribution < 1.29 is 4.42 Å². The van der Waals surface area contributed by atoms with Gasteiger partial charge in [-0.25, -0.2) is 0 Å². The predicted molar refractivity (Wildman–Crippen MR) is 105 cm³/mol. The maximum atomic E-state index is 6.33. The summed E-state index contributed by atoms with van der Waals surface area (Å²) < 4.78 is 6.33. The highest BCUT2D eigenvalue weighted by atomic mass is 16.3. The van der Waals surface area contributed by atoms with E-state index < -0.39 is 0 Å². The molecule has 0 fully saturated rings. The summed E-state index contributed by atoms with van der Waals surface area (Å²) in [5.74, 6) is 1.34. The first-order valence-corrected chi connectivity index (χ1v) is 9.00. The Morgan fingerprint density at radius 1 is 0.760 bits per heavy atom. The maximum Gasteiger partial charge on any atom is 0.139 e. The summed E-state index contributed by atoms with van der Waals surface area (Å²) >= 11 is 0. The lowest BCUT2D eigenvalue weighted by molar-refractivity contribution is 0.615. The Hall–Kier alpha value is -2.80. The summed E-state index contributed by atoms with van der Waals surface area (Å²) in [6.07, 6.45) is 2.24. The van der Waals surface area contributed by atoms with Crippen molar-refractivity contribution in [1.82, 2.24) is 0 Å². The molecule has 1 nitrogen and oxygen atoms in total. The van der Waals surface area contributed by atoms with E-state index in [0.29, 0.717) is 5.92 Å². The number of fused-ring (bicyclic) bond motifs is 1. The van der Waals surface area contributed by atoms with Crippen LogP contribution in [0.4, 0.5) is 0 Å². The first kappa shape index (κ1) is 15.7. The molecule has 4 aromatic rings. The van der Waals surface area contributed by atoms with Crippen LogP contribution in [0.25, 0.3) is 22.3 Å². The molecule has 25 heavy (non-hydrogen) atoms. The molecule has 4 rings (SSSR count). The standard InChI is InChI=1S/C24H22O/c1-2-11-20(18-12-5-3-6-13-18)23-21-16-9-10-17-22(21)25-24(23)19-14-7-4-8-15-19/h3-10,12-17,20H,2,11H2,1H3. The van der Waals surface area contributed by atoms with Crippen molar-refractivity contribution >= 4 is 11.0 Å². The van der Waals surface area contributed by atoms with Crippen molar-refractivity contribution in [2.75, 3.05) is 0 Å². The van der Waals surface area contributed by atoms with Crippen molar-refractivity contribution in [2.24, 2.45) is 0 Å². The van der Waals surface area contributed by atoms with Crippen molar-refractivity contribution in [1.29, 1.82) is 0 Å². The lowest BCUT2D eigenvalue weighted by Crippen LogP contribution is -2.01. The van der Waals surface area contributed by atoms with Gasteiger partial charge < -0.3 is 4.42 Å². The lowest BCUT2D eigenvalue weighted by atomic mass is 9.85. The highest BCUT2D eigenvalue weighted by Crippen LogP contribution is 2.42. The summed E-state index contributed by atoms with van der Waals surface area (Å²) in [7, 11) is 0. The molecular weight excluding hydrogens is 304 g/mol. The van der Waals surface area contributed by atoms with Crippen molar-refractivity contribution in [2.45, 2.75) is 25.7 Å². The van der Waals surface area contributed by atoms with Crippen LogP contribution in [0.3, 0.4) is 0 Å². The van der Waals surface area contributed by atoms with Gasteiger partial charge in [-0.1, -0.05) is 92.2 Å². The van der Waals surface area contributed by atoms with Crippen molar-refractivity contribution in [3.05, 3.63) is 96.1 Å². The number of furan rings is 1. The molecule has 0 saturated carbocycles. The number of benzene rings is 3. The summed E-state index contributed by atoms with van der Waals surface area (Å²) in [5, 5.41) is 1.23. The molecule has 0 radical (unpaired) electrons. The highest BCUT2D eigenvalue weighted by molar-refractivity contribution is 5.89. The van der Waals surface area contributed by atoms with Crippen LogP contribution in [-0.4, -0.2) is 0 Å². The minimum Gasteiger partial charge on any atom is -0.456 e. The van der Waals surface area contributed by atoms with E-state index in [-0.39, 0.29) is 0 Å². The summed E-state index contributed by atoms with van der Waals surface area (Å²) in [5.41, 5.74) is 4.78. The maximum absolute atomic E-state index is 6.33. The van der Waals surface area contributed by atoms with Gasteiger partial charge in [0.1, 0.15) is 11.3 Å². The van der Waals surface area contributed by atoms with Gasteiger partial charge in [0.15, 0.2) is 0 Å². The quantitative estimate of drug-likeness (QED) is 0.383. The number of hydrogen-bond acceptors (Lipinski definition) is 1. The zero-order chi connectivity index (χ0) is 17.1. The Balaban J connectivity index is 1.98. The topological polar surface area (TPSA) is 13.1 Å². The van der Waals surface area contributed by atoms with Gasteiger partial charge in [0.2, 0.25) is 0 Å². The van der Waals surface area contributed by atoms with Gasteiger partial charge in [0, 0.05) is 22.4 Å². The normalized spacial score (nSPS) is 12.4. The van der Waals surface area contributed by atoms with Crippen LogP contribution >= 0.6 is 0 Å². The lowest BCUT2D eigenvalue weighted by Gasteiger charge is -2.18. The molecule has 0 N–H and O–H groups in total. The third-order valence-corrected chi connectivity index (χ3v) is 4.80. The van der Waals surface area contributed by atoms with E-state index in [2.05, 4.69) is 79.7 Å². The molecule has 0 spiro atoms. The Kier molecular flexibility index (Phi) is 4.39. The Morgan fingerprint density at radius 2 is 1.40 bits per heavy atom. The molecule has 3 aromatic carbocycles. The van der Waals surface area contributed by atoms with Crippen LogP contribution in [0, 0.1) is 0 Å². The van der Waals surface area contributed by atoms with Gasteiger partial charge in [-0.05, 0) is 18.1 Å². The van der Waals surface area contributed by atoms with Crippen LogP contribution in [0.15, 0.2) is 89.3 Å². The van der Waals surface area contributed by atoms with Gasteiger partial charge >= 0.3 is 0 Å². The fraction of sp³-hybridized carbons (Fsp3) is 0.167. The molecule has 0 amide bonds. The molecule has 0 aliphatic heterocycles. The van der Waals surface area contributed by atoms with Crippen LogP contribution in [0.2, 0.25) is 0 Å². The SMILES string of the molecule is CCCC(c1ccccc1)c1c(-c2ccccc2)oc2ccccc12. The van der Waals surface area contributed by atoms with E-state index >= 15 is 0 Å². The summed E-state index contributed by atoms with van der Waals surface area (Å²) in [6.45, 7) is 2.25. The number of rotatable bonds is 5. The van der Waals surface area contributed by atoms with Crippen LogP contribution in [-0.2, 0) is 0 Å². The fourth-order valence-corrected chi connectivity index (χ4v) is 3.67. The van der Waals surface area contributed by atoms with Gasteiger partial charge in [-0.3, -0.25) is 0 Å². The minimum absolute atomic E-state index is 0.338. The van der Waals surface area contributed by atoms with Gasteiger partial charge in [0.25, 0.3) is 0 Å². The molecule has 0 aliphatic rings.